The summed E-state index contributed by atoms with van der Waals surface area (Å²) in [6.07, 6.45) is 8.36. The van der Waals surface area contributed by atoms with Gasteiger partial charge < -0.3 is 15.2 Å². The third-order valence-electron chi connectivity index (χ3n) is 6.11. The zero-order valence-corrected chi connectivity index (χ0v) is 15.7. The highest BCUT2D eigenvalue weighted by molar-refractivity contribution is 5.78. The number of amides is 1. The molecule has 1 amide bonds. The molecule has 0 spiro atoms. The number of hydrogen-bond acceptors (Lipinski definition) is 4. The molecule has 3 atom stereocenters. The Bertz CT molecular complexity index is 613. The summed E-state index contributed by atoms with van der Waals surface area (Å²) in [5.41, 5.74) is 1.44. The fraction of sp³-hybridized carbons (Fsp3) is 0.684. The van der Waals surface area contributed by atoms with Crippen LogP contribution < -0.4 is 5.32 Å². The van der Waals surface area contributed by atoms with Crippen molar-refractivity contribution in [3.8, 4) is 0 Å². The molecular formula is C19H31N5O. The average Bonchev–Trinajstić information content (AvgIpc) is 3.17. The topological polar surface area (TPSA) is 63.7 Å². The standard InChI is InChI=1S/C17H25N5O.C2H6/c1-2-17-9-21(12-23)7-4-13(17)5-8-22(10-17)16-14-3-6-18-15(14)19-11-20-16;1-2/h3,6,11-13,16,18H,2,4-5,7-10H2,1H3,(H,19,20);1-2H3/t13-,16?,17+;/m0./s1. The van der Waals surface area contributed by atoms with E-state index in [1.807, 2.05) is 24.9 Å². The highest BCUT2D eigenvalue weighted by Gasteiger charge is 2.47. The second-order valence-corrected chi connectivity index (χ2v) is 7.14. The van der Waals surface area contributed by atoms with E-state index in [2.05, 4.69) is 28.2 Å². The number of likely N-dealkylation sites (tertiary alicyclic amines) is 2. The minimum atomic E-state index is 0.0912. The maximum Gasteiger partial charge on any atom is 0.209 e. The number of H-pyrrole nitrogens is 1. The molecule has 2 fully saturated rings. The average molecular weight is 345 g/mol. The first-order valence-corrected chi connectivity index (χ1v) is 9.64. The van der Waals surface area contributed by atoms with Gasteiger partial charge in [0.15, 0.2) is 0 Å². The summed E-state index contributed by atoms with van der Waals surface area (Å²) in [5, 5.41) is 3.18. The molecule has 0 saturated carbocycles. The number of nitrogens with one attached hydrogen (secondary N) is 2. The van der Waals surface area contributed by atoms with Gasteiger partial charge in [0.25, 0.3) is 0 Å². The molecule has 1 aromatic heterocycles. The molecule has 0 aromatic carbocycles. The van der Waals surface area contributed by atoms with Gasteiger partial charge in [-0.1, -0.05) is 20.8 Å². The predicted molar refractivity (Wildman–Crippen MR) is 102 cm³/mol. The Morgan fingerprint density at radius 1 is 1.32 bits per heavy atom. The van der Waals surface area contributed by atoms with Gasteiger partial charge in [0.2, 0.25) is 6.41 Å². The van der Waals surface area contributed by atoms with Gasteiger partial charge >= 0.3 is 0 Å². The van der Waals surface area contributed by atoms with Crippen LogP contribution in [0.5, 0.6) is 0 Å². The Hall–Kier alpha value is -1.82. The molecule has 2 N–H and O–H groups in total. The number of nitrogens with zero attached hydrogens (tertiary/aromatic N) is 3. The third kappa shape index (κ3) is 3.19. The van der Waals surface area contributed by atoms with Gasteiger partial charge in [-0.05, 0) is 31.2 Å². The first kappa shape index (κ1) is 18.0. The maximum atomic E-state index is 11.3. The number of anilines is 1. The SMILES string of the molecule is CC.CC[C@]12CN(C=O)CC[C@H]1CCN(C1N=CNc3[nH]ccc31)C2. The highest BCUT2D eigenvalue weighted by atomic mass is 16.1. The Balaban J connectivity index is 0.000000880. The molecule has 138 valence electrons. The molecule has 1 unspecified atom stereocenters. The van der Waals surface area contributed by atoms with E-state index in [4.69, 9.17) is 4.99 Å². The lowest BCUT2D eigenvalue weighted by molar-refractivity contribution is -0.126. The second-order valence-electron chi connectivity index (χ2n) is 7.14. The van der Waals surface area contributed by atoms with Gasteiger partial charge in [0.05, 0.1) is 6.34 Å². The number of aliphatic imine (C=N–C) groups is 1. The van der Waals surface area contributed by atoms with Crippen molar-refractivity contribution in [1.82, 2.24) is 14.8 Å². The van der Waals surface area contributed by atoms with Crippen LogP contribution in [-0.4, -0.2) is 53.7 Å². The van der Waals surface area contributed by atoms with Crippen LogP contribution in [-0.2, 0) is 4.79 Å². The van der Waals surface area contributed by atoms with Crippen LogP contribution in [0.2, 0.25) is 0 Å². The summed E-state index contributed by atoms with van der Waals surface area (Å²) in [6.45, 7) is 10.2. The third-order valence-corrected chi connectivity index (χ3v) is 6.11. The van der Waals surface area contributed by atoms with Gasteiger partial charge in [0.1, 0.15) is 12.0 Å². The van der Waals surface area contributed by atoms with E-state index < -0.39 is 0 Å². The molecule has 0 bridgehead atoms. The monoisotopic (exact) mass is 345 g/mol. The van der Waals surface area contributed by atoms with E-state index >= 15 is 0 Å². The fourth-order valence-electron chi connectivity index (χ4n) is 4.75. The van der Waals surface area contributed by atoms with Crippen LogP contribution >= 0.6 is 0 Å². The molecule has 3 aliphatic rings. The van der Waals surface area contributed by atoms with Crippen molar-refractivity contribution >= 4 is 18.6 Å². The Morgan fingerprint density at radius 2 is 2.12 bits per heavy atom. The molecule has 4 rings (SSSR count). The normalized spacial score (nSPS) is 31.2. The maximum absolute atomic E-state index is 11.3. The van der Waals surface area contributed by atoms with Crippen molar-refractivity contribution < 1.29 is 4.79 Å². The highest BCUT2D eigenvalue weighted by Crippen LogP contribution is 2.46. The lowest BCUT2D eigenvalue weighted by Gasteiger charge is -2.54. The minimum Gasteiger partial charge on any atom is -0.348 e. The quantitative estimate of drug-likeness (QED) is 0.828. The Kier molecular flexibility index (Phi) is 5.47. The summed E-state index contributed by atoms with van der Waals surface area (Å²) in [5.74, 6) is 1.78. The van der Waals surface area contributed by atoms with Gasteiger partial charge in [-0.25, -0.2) is 0 Å². The Morgan fingerprint density at radius 3 is 2.88 bits per heavy atom. The van der Waals surface area contributed by atoms with Gasteiger partial charge in [-0.15, -0.1) is 0 Å². The van der Waals surface area contributed by atoms with Crippen molar-refractivity contribution in [2.75, 3.05) is 31.5 Å². The van der Waals surface area contributed by atoms with Crippen LogP contribution in [0.3, 0.4) is 0 Å². The van der Waals surface area contributed by atoms with E-state index in [1.165, 1.54) is 12.0 Å². The van der Waals surface area contributed by atoms with Crippen molar-refractivity contribution in [3.05, 3.63) is 17.8 Å². The number of carbonyl (C=O) groups excluding carboxylic acids is 1. The number of rotatable bonds is 3. The zero-order chi connectivity index (χ0) is 17.9. The largest absolute Gasteiger partial charge is 0.348 e. The van der Waals surface area contributed by atoms with Crippen molar-refractivity contribution in [1.29, 1.82) is 0 Å². The zero-order valence-electron chi connectivity index (χ0n) is 15.7. The number of hydrogen-bond donors (Lipinski definition) is 2. The summed E-state index contributed by atoms with van der Waals surface area (Å²) >= 11 is 0. The van der Waals surface area contributed by atoms with Crippen molar-refractivity contribution in [2.45, 2.75) is 46.2 Å². The molecule has 0 aliphatic carbocycles. The lowest BCUT2D eigenvalue weighted by Crippen LogP contribution is -2.57. The summed E-state index contributed by atoms with van der Waals surface area (Å²) in [4.78, 5) is 23.7. The number of fused-ring (bicyclic) bond motifs is 2. The molecule has 0 radical (unpaired) electrons. The number of carbonyl (C=O) groups is 1. The fourth-order valence-corrected chi connectivity index (χ4v) is 4.75. The molecule has 3 aliphatic heterocycles. The van der Waals surface area contributed by atoms with Crippen LogP contribution in [0.15, 0.2) is 17.3 Å². The smallest absolute Gasteiger partial charge is 0.209 e. The summed E-state index contributed by atoms with van der Waals surface area (Å²) in [7, 11) is 0. The molecule has 6 nitrogen and oxygen atoms in total. The van der Waals surface area contributed by atoms with Crippen molar-refractivity contribution in [2.24, 2.45) is 16.3 Å². The van der Waals surface area contributed by atoms with E-state index in [9.17, 15) is 4.79 Å². The first-order valence-electron chi connectivity index (χ1n) is 9.64. The van der Waals surface area contributed by atoms with Crippen LogP contribution in [0.25, 0.3) is 0 Å². The first-order chi connectivity index (χ1) is 12.3. The number of piperidine rings is 2. The van der Waals surface area contributed by atoms with E-state index in [1.54, 1.807) is 6.34 Å². The number of aromatic amines is 1. The van der Waals surface area contributed by atoms with Gasteiger partial charge in [0, 0.05) is 43.4 Å². The van der Waals surface area contributed by atoms with Crippen molar-refractivity contribution in [3.63, 3.8) is 0 Å². The molecule has 6 heteroatoms. The molecule has 4 heterocycles. The van der Waals surface area contributed by atoms with E-state index in [0.717, 1.165) is 57.2 Å². The summed E-state index contributed by atoms with van der Waals surface area (Å²) in [6, 6.07) is 2.12. The lowest BCUT2D eigenvalue weighted by atomic mass is 9.65. The second kappa shape index (κ2) is 7.60. The van der Waals surface area contributed by atoms with Gasteiger partial charge in [-0.2, -0.15) is 0 Å². The van der Waals surface area contributed by atoms with Gasteiger partial charge in [-0.3, -0.25) is 14.7 Å². The predicted octanol–water partition coefficient (Wildman–Crippen LogP) is 3.07. The molecule has 25 heavy (non-hydrogen) atoms. The van der Waals surface area contributed by atoms with Crippen LogP contribution in [0.1, 0.15) is 51.8 Å². The molecule has 2 saturated heterocycles. The van der Waals surface area contributed by atoms with E-state index in [0.29, 0.717) is 0 Å². The Labute approximate surface area is 150 Å². The molecule has 1 aromatic rings. The summed E-state index contributed by atoms with van der Waals surface area (Å²) < 4.78 is 0. The minimum absolute atomic E-state index is 0.0912. The van der Waals surface area contributed by atoms with E-state index in [-0.39, 0.29) is 11.6 Å². The molecular weight excluding hydrogens is 314 g/mol. The van der Waals surface area contributed by atoms with Crippen LogP contribution in [0.4, 0.5) is 5.82 Å². The number of aromatic nitrogens is 1. The van der Waals surface area contributed by atoms with Crippen LogP contribution in [0, 0.1) is 11.3 Å².